The molecule has 2 rings (SSSR count). The van der Waals surface area contributed by atoms with Crippen molar-refractivity contribution >= 4 is 11.7 Å². The van der Waals surface area contributed by atoms with E-state index in [1.165, 1.54) is 0 Å². The summed E-state index contributed by atoms with van der Waals surface area (Å²) < 4.78 is 0. The standard InChI is InChI=1S/C12H18N4O.H2/c1-7(2)10-13-6-8-5-9(12(17)16(3)4)14-11(8)15-10;/h6-7,9H,5H2,1-4H3,(H,13,14,15);1H. The number of fused-ring (bicyclic) bond motifs is 1. The van der Waals surface area contributed by atoms with Gasteiger partial charge in [-0.3, -0.25) is 4.79 Å². The number of aromatic nitrogens is 2. The Morgan fingerprint density at radius 2 is 2.29 bits per heavy atom. The van der Waals surface area contributed by atoms with Crippen LogP contribution < -0.4 is 5.32 Å². The maximum Gasteiger partial charge on any atom is 0.244 e. The van der Waals surface area contributed by atoms with Crippen LogP contribution in [0.15, 0.2) is 6.20 Å². The minimum absolute atomic E-state index is 0. The summed E-state index contributed by atoms with van der Waals surface area (Å²) in [7, 11) is 3.52. The van der Waals surface area contributed by atoms with E-state index in [9.17, 15) is 4.79 Å². The van der Waals surface area contributed by atoms with Gasteiger partial charge in [-0.2, -0.15) is 0 Å². The number of amides is 1. The summed E-state index contributed by atoms with van der Waals surface area (Å²) in [5.74, 6) is 2.00. The van der Waals surface area contributed by atoms with Crippen molar-refractivity contribution in [2.45, 2.75) is 32.2 Å². The normalized spacial score (nSPS) is 17.8. The summed E-state index contributed by atoms with van der Waals surface area (Å²) in [6.07, 6.45) is 2.50. The predicted octanol–water partition coefficient (Wildman–Crippen LogP) is 1.27. The summed E-state index contributed by atoms with van der Waals surface area (Å²) in [4.78, 5) is 22.2. The highest BCUT2D eigenvalue weighted by atomic mass is 16.2. The zero-order chi connectivity index (χ0) is 12.6. The molecule has 5 heteroatoms. The van der Waals surface area contributed by atoms with Crippen LogP contribution in [-0.4, -0.2) is 40.9 Å². The van der Waals surface area contributed by atoms with Gasteiger partial charge in [0.1, 0.15) is 17.7 Å². The van der Waals surface area contributed by atoms with Crippen LogP contribution in [0.4, 0.5) is 5.82 Å². The molecule has 1 atom stereocenters. The van der Waals surface area contributed by atoms with Crippen LogP contribution in [0.1, 0.15) is 32.6 Å². The van der Waals surface area contributed by atoms with Gasteiger partial charge in [0.05, 0.1) is 0 Å². The molecule has 1 aromatic heterocycles. The van der Waals surface area contributed by atoms with Gasteiger partial charge < -0.3 is 10.2 Å². The Morgan fingerprint density at radius 3 is 2.88 bits per heavy atom. The molecule has 0 aromatic carbocycles. The molecule has 1 aliphatic rings. The smallest absolute Gasteiger partial charge is 0.244 e. The van der Waals surface area contributed by atoms with Gasteiger partial charge in [-0.05, 0) is 0 Å². The number of carbonyl (C=O) groups is 1. The van der Waals surface area contributed by atoms with Crippen LogP contribution in [0.5, 0.6) is 0 Å². The average molecular weight is 236 g/mol. The highest BCUT2D eigenvalue weighted by molar-refractivity contribution is 5.86. The van der Waals surface area contributed by atoms with Gasteiger partial charge >= 0.3 is 0 Å². The van der Waals surface area contributed by atoms with E-state index < -0.39 is 0 Å². The van der Waals surface area contributed by atoms with Crippen LogP contribution in [-0.2, 0) is 11.2 Å². The van der Waals surface area contributed by atoms with E-state index in [1.54, 1.807) is 19.0 Å². The fraction of sp³-hybridized carbons (Fsp3) is 0.583. The Hall–Kier alpha value is -1.65. The number of likely N-dealkylation sites (N-methyl/N-ethyl adjacent to an activating group) is 1. The van der Waals surface area contributed by atoms with Crippen molar-refractivity contribution in [3.05, 3.63) is 17.6 Å². The Bertz CT molecular complexity index is 448. The van der Waals surface area contributed by atoms with Crippen LogP contribution >= 0.6 is 0 Å². The third kappa shape index (κ3) is 2.23. The lowest BCUT2D eigenvalue weighted by Crippen LogP contribution is -2.37. The maximum atomic E-state index is 11.8. The van der Waals surface area contributed by atoms with E-state index in [0.717, 1.165) is 17.2 Å². The molecular formula is C12H20N4O. The molecule has 0 spiro atoms. The monoisotopic (exact) mass is 236 g/mol. The molecule has 0 radical (unpaired) electrons. The van der Waals surface area contributed by atoms with E-state index in [-0.39, 0.29) is 13.4 Å². The Balaban J connectivity index is 0.00000162. The fourth-order valence-electron chi connectivity index (χ4n) is 1.87. The van der Waals surface area contributed by atoms with Crippen molar-refractivity contribution < 1.29 is 6.22 Å². The first-order valence-corrected chi connectivity index (χ1v) is 5.82. The van der Waals surface area contributed by atoms with Crippen molar-refractivity contribution in [1.82, 2.24) is 14.9 Å². The SMILES string of the molecule is CC(C)c1ncc2c(n1)NC(C(=O)N(C)C)C2.[HH]. The first kappa shape index (κ1) is 11.8. The van der Waals surface area contributed by atoms with E-state index in [1.807, 2.05) is 6.20 Å². The molecular weight excluding hydrogens is 216 g/mol. The highest BCUT2D eigenvalue weighted by Gasteiger charge is 2.29. The fourth-order valence-corrected chi connectivity index (χ4v) is 1.87. The van der Waals surface area contributed by atoms with E-state index in [4.69, 9.17) is 0 Å². The average Bonchev–Trinajstić information content (AvgIpc) is 2.69. The molecule has 1 aliphatic heterocycles. The molecule has 1 unspecified atom stereocenters. The molecule has 17 heavy (non-hydrogen) atoms. The van der Waals surface area contributed by atoms with Crippen LogP contribution in [0.2, 0.25) is 0 Å². The molecule has 5 nitrogen and oxygen atoms in total. The molecule has 2 heterocycles. The molecule has 0 aliphatic carbocycles. The minimum atomic E-state index is -0.197. The van der Waals surface area contributed by atoms with Crippen molar-refractivity contribution in [3.63, 3.8) is 0 Å². The lowest BCUT2D eigenvalue weighted by atomic mass is 10.1. The zero-order valence-corrected chi connectivity index (χ0v) is 10.7. The second kappa shape index (κ2) is 4.31. The molecule has 94 valence electrons. The lowest BCUT2D eigenvalue weighted by molar-refractivity contribution is -0.129. The Morgan fingerprint density at radius 1 is 1.59 bits per heavy atom. The van der Waals surface area contributed by atoms with Gasteiger partial charge in [0, 0.05) is 39.6 Å². The summed E-state index contributed by atoms with van der Waals surface area (Å²) >= 11 is 0. The number of nitrogens with one attached hydrogen (secondary N) is 1. The van der Waals surface area contributed by atoms with Crippen molar-refractivity contribution in [2.75, 3.05) is 19.4 Å². The maximum absolute atomic E-state index is 11.8. The largest absolute Gasteiger partial charge is 0.358 e. The molecule has 0 saturated carbocycles. The second-order valence-corrected chi connectivity index (χ2v) is 4.89. The van der Waals surface area contributed by atoms with Gasteiger partial charge in [-0.1, -0.05) is 13.8 Å². The first-order valence-electron chi connectivity index (χ1n) is 5.82. The Labute approximate surface area is 103 Å². The molecule has 1 aromatic rings. The summed E-state index contributed by atoms with van der Waals surface area (Å²) in [6, 6.07) is -0.197. The summed E-state index contributed by atoms with van der Waals surface area (Å²) in [5, 5.41) is 3.17. The van der Waals surface area contributed by atoms with Gasteiger partial charge in [0.25, 0.3) is 0 Å². The first-order chi connectivity index (χ1) is 7.99. The van der Waals surface area contributed by atoms with E-state index >= 15 is 0 Å². The quantitative estimate of drug-likeness (QED) is 0.840. The van der Waals surface area contributed by atoms with Crippen molar-refractivity contribution in [3.8, 4) is 0 Å². The number of hydrogen-bond donors (Lipinski definition) is 1. The van der Waals surface area contributed by atoms with Gasteiger partial charge in [-0.25, -0.2) is 9.97 Å². The molecule has 0 fully saturated rings. The number of nitrogens with zero attached hydrogens (tertiary/aromatic N) is 3. The van der Waals surface area contributed by atoms with Gasteiger partial charge in [0.15, 0.2) is 0 Å². The zero-order valence-electron chi connectivity index (χ0n) is 10.7. The van der Waals surface area contributed by atoms with Crippen LogP contribution in [0.3, 0.4) is 0 Å². The van der Waals surface area contributed by atoms with Crippen LogP contribution in [0.25, 0.3) is 0 Å². The third-order valence-electron chi connectivity index (χ3n) is 2.87. The molecule has 1 N–H and O–H groups in total. The van der Waals surface area contributed by atoms with E-state index in [2.05, 4.69) is 29.1 Å². The topological polar surface area (TPSA) is 58.1 Å². The number of hydrogen-bond acceptors (Lipinski definition) is 4. The third-order valence-corrected chi connectivity index (χ3v) is 2.87. The minimum Gasteiger partial charge on any atom is -0.358 e. The number of anilines is 1. The molecule has 1 amide bonds. The number of carbonyl (C=O) groups excluding carboxylic acids is 1. The molecule has 0 saturated heterocycles. The summed E-state index contributed by atoms with van der Waals surface area (Å²) in [6.45, 7) is 4.11. The van der Waals surface area contributed by atoms with Gasteiger partial charge in [0.2, 0.25) is 5.91 Å². The van der Waals surface area contributed by atoms with Crippen molar-refractivity contribution in [1.29, 1.82) is 0 Å². The highest BCUT2D eigenvalue weighted by Crippen LogP contribution is 2.25. The van der Waals surface area contributed by atoms with Gasteiger partial charge in [-0.15, -0.1) is 0 Å². The lowest BCUT2D eigenvalue weighted by Gasteiger charge is -2.16. The number of rotatable bonds is 2. The van der Waals surface area contributed by atoms with Crippen LogP contribution in [0, 0.1) is 0 Å². The second-order valence-electron chi connectivity index (χ2n) is 4.89. The Kier molecular flexibility index (Phi) is 3.00. The van der Waals surface area contributed by atoms with Crippen molar-refractivity contribution in [2.24, 2.45) is 0 Å². The molecule has 0 bridgehead atoms. The summed E-state index contributed by atoms with van der Waals surface area (Å²) in [5.41, 5.74) is 1.02. The van der Waals surface area contributed by atoms with E-state index in [0.29, 0.717) is 12.3 Å². The predicted molar refractivity (Wildman–Crippen MR) is 68.0 cm³/mol.